The number of nitrogens with zero attached hydrogens (tertiary/aromatic N) is 2. The Morgan fingerprint density at radius 2 is 1.76 bits per heavy atom. The van der Waals surface area contributed by atoms with Crippen molar-refractivity contribution in [2.24, 2.45) is 5.84 Å². The molecule has 1 heterocycles. The van der Waals surface area contributed by atoms with E-state index >= 15 is 0 Å². The highest BCUT2D eigenvalue weighted by atomic mass is 32.2. The molecule has 0 saturated carbocycles. The average molecular weight is 312 g/mol. The zero-order chi connectivity index (χ0) is 15.8. The van der Waals surface area contributed by atoms with Gasteiger partial charge in [-0.05, 0) is 37.1 Å². The quantitative estimate of drug-likeness (QED) is 0.607. The molecule has 0 aliphatic carbocycles. The number of aryl methyl sites for hydroxylation is 2. The Hall–Kier alpha value is -1.64. The minimum absolute atomic E-state index is 0.116. The third kappa shape index (κ3) is 2.87. The van der Waals surface area contributed by atoms with Crippen molar-refractivity contribution in [3.8, 4) is 0 Å². The van der Waals surface area contributed by atoms with E-state index in [2.05, 4.69) is 5.43 Å². The maximum Gasteiger partial charge on any atom is 0.244 e. The summed E-state index contributed by atoms with van der Waals surface area (Å²) < 4.78 is 26.8. The van der Waals surface area contributed by atoms with Gasteiger partial charge in [-0.15, -0.1) is 0 Å². The number of nitrogens with one attached hydrogen (secondary N) is 1. The maximum atomic E-state index is 12.8. The summed E-state index contributed by atoms with van der Waals surface area (Å²) in [6.07, 6.45) is 0. The van der Waals surface area contributed by atoms with Crippen molar-refractivity contribution in [2.45, 2.75) is 18.7 Å². The maximum absolute atomic E-state index is 12.8. The Kier molecular flexibility index (Phi) is 4.22. The van der Waals surface area contributed by atoms with Crippen molar-refractivity contribution in [3.63, 3.8) is 0 Å². The molecular weight excluding hydrogens is 292 g/mol. The Labute approximate surface area is 124 Å². The van der Waals surface area contributed by atoms with Crippen molar-refractivity contribution >= 4 is 21.6 Å². The van der Waals surface area contributed by atoms with Gasteiger partial charge in [0.1, 0.15) is 0 Å². The van der Waals surface area contributed by atoms with Crippen LogP contribution in [0.15, 0.2) is 17.0 Å². The van der Waals surface area contributed by atoms with Crippen LogP contribution >= 0.6 is 0 Å². The molecule has 116 valence electrons. The van der Waals surface area contributed by atoms with Gasteiger partial charge in [0.2, 0.25) is 15.9 Å². The molecule has 7 nitrogen and oxygen atoms in total. The number of hydrogen-bond donors (Lipinski definition) is 2. The van der Waals surface area contributed by atoms with Gasteiger partial charge in [0.15, 0.2) is 0 Å². The van der Waals surface area contributed by atoms with E-state index in [1.165, 1.54) is 9.21 Å². The van der Waals surface area contributed by atoms with E-state index in [-0.39, 0.29) is 17.3 Å². The molecule has 3 N–H and O–H groups in total. The number of rotatable bonds is 3. The molecule has 2 rings (SSSR count). The second-order valence-corrected chi connectivity index (χ2v) is 7.11. The predicted octanol–water partition coefficient (Wildman–Crippen LogP) is 0.0517. The van der Waals surface area contributed by atoms with Crippen LogP contribution in [-0.2, 0) is 14.8 Å². The number of carbonyl (C=O) groups is 1. The molecule has 0 aromatic heterocycles. The molecule has 1 fully saturated rings. The molecule has 21 heavy (non-hydrogen) atoms. The first-order valence-electron chi connectivity index (χ1n) is 6.59. The second kappa shape index (κ2) is 5.63. The number of benzene rings is 1. The van der Waals surface area contributed by atoms with Crippen LogP contribution in [0.5, 0.6) is 0 Å². The number of amides is 1. The summed E-state index contributed by atoms with van der Waals surface area (Å²) in [5.41, 5.74) is 4.37. The molecule has 0 atom stereocenters. The molecule has 1 amide bonds. The van der Waals surface area contributed by atoms with Gasteiger partial charge in [-0.1, -0.05) is 0 Å². The number of nitrogens with two attached hydrogens (primary N) is 1. The number of hydrazine groups is 1. The summed E-state index contributed by atoms with van der Waals surface area (Å²) in [4.78, 5) is 13.5. The summed E-state index contributed by atoms with van der Waals surface area (Å²) >= 11 is 0. The Morgan fingerprint density at radius 1 is 1.19 bits per heavy atom. The molecule has 1 aliphatic rings. The fourth-order valence-corrected chi connectivity index (χ4v) is 4.30. The van der Waals surface area contributed by atoms with Crippen molar-refractivity contribution in [1.29, 1.82) is 0 Å². The van der Waals surface area contributed by atoms with Gasteiger partial charge in [0.05, 0.1) is 11.4 Å². The van der Waals surface area contributed by atoms with Crippen LogP contribution in [0.25, 0.3) is 0 Å². The Balaban J connectivity index is 2.43. The number of sulfonamides is 1. The molecule has 0 unspecified atom stereocenters. The minimum atomic E-state index is -3.69. The highest BCUT2D eigenvalue weighted by Crippen LogP contribution is 2.27. The lowest BCUT2D eigenvalue weighted by molar-refractivity contribution is -0.132. The minimum Gasteiger partial charge on any atom is -0.343 e. The van der Waals surface area contributed by atoms with E-state index in [0.717, 1.165) is 0 Å². The molecular formula is C13H20N4O3S. The molecule has 0 radical (unpaired) electrons. The summed E-state index contributed by atoms with van der Waals surface area (Å²) in [6, 6.07) is 3.36. The van der Waals surface area contributed by atoms with E-state index in [0.29, 0.717) is 29.9 Å². The first-order chi connectivity index (χ1) is 9.77. The standard InChI is InChI=1S/C13H20N4O3S/c1-9-6-11(15-14)7-10(2)13(9)21(19,20)17-5-4-16(3)12(18)8-17/h6-7,15H,4-5,8,14H2,1-3H3. The molecule has 1 aliphatic heterocycles. The summed E-state index contributed by atoms with van der Waals surface area (Å²) in [6.45, 7) is 4.03. The predicted molar refractivity (Wildman–Crippen MR) is 80.1 cm³/mol. The number of nitrogen functional groups attached to an aromatic ring is 1. The first-order valence-corrected chi connectivity index (χ1v) is 8.03. The van der Waals surface area contributed by atoms with Gasteiger partial charge in [0.25, 0.3) is 0 Å². The average Bonchev–Trinajstić information content (AvgIpc) is 2.40. The van der Waals surface area contributed by atoms with Crippen LogP contribution in [0.4, 0.5) is 5.69 Å². The van der Waals surface area contributed by atoms with Crippen LogP contribution in [0.3, 0.4) is 0 Å². The number of likely N-dealkylation sites (N-methyl/N-ethyl adjacent to an activating group) is 1. The lowest BCUT2D eigenvalue weighted by Gasteiger charge is -2.32. The zero-order valence-electron chi connectivity index (χ0n) is 12.4. The first kappa shape index (κ1) is 15.7. The fraction of sp³-hybridized carbons (Fsp3) is 0.462. The van der Waals surface area contributed by atoms with Crippen molar-refractivity contribution < 1.29 is 13.2 Å². The number of hydrogen-bond acceptors (Lipinski definition) is 5. The molecule has 1 saturated heterocycles. The van der Waals surface area contributed by atoms with Crippen LogP contribution in [-0.4, -0.2) is 50.2 Å². The third-order valence-electron chi connectivity index (χ3n) is 3.65. The number of carbonyl (C=O) groups excluding carboxylic acids is 1. The largest absolute Gasteiger partial charge is 0.343 e. The topological polar surface area (TPSA) is 95.7 Å². The SMILES string of the molecule is Cc1cc(NN)cc(C)c1S(=O)(=O)N1CCN(C)C(=O)C1. The van der Waals surface area contributed by atoms with Crippen LogP contribution in [0, 0.1) is 13.8 Å². The second-order valence-electron chi connectivity index (χ2n) is 5.24. The van der Waals surface area contributed by atoms with Crippen LogP contribution < -0.4 is 11.3 Å². The van der Waals surface area contributed by atoms with Gasteiger partial charge in [-0.3, -0.25) is 10.6 Å². The van der Waals surface area contributed by atoms with Crippen LogP contribution in [0.1, 0.15) is 11.1 Å². The van der Waals surface area contributed by atoms with Crippen LogP contribution in [0.2, 0.25) is 0 Å². The summed E-state index contributed by atoms with van der Waals surface area (Å²) in [5, 5.41) is 0. The number of anilines is 1. The van der Waals surface area contributed by atoms with E-state index in [4.69, 9.17) is 5.84 Å². The highest BCUT2D eigenvalue weighted by molar-refractivity contribution is 7.89. The monoisotopic (exact) mass is 312 g/mol. The van der Waals surface area contributed by atoms with Gasteiger partial charge < -0.3 is 10.3 Å². The summed E-state index contributed by atoms with van der Waals surface area (Å²) in [7, 11) is -2.02. The molecule has 1 aromatic rings. The Bertz CT molecular complexity index is 649. The van der Waals surface area contributed by atoms with E-state index in [9.17, 15) is 13.2 Å². The zero-order valence-corrected chi connectivity index (χ0v) is 13.2. The lowest BCUT2D eigenvalue weighted by Crippen LogP contribution is -2.50. The van der Waals surface area contributed by atoms with E-state index in [1.54, 1.807) is 33.0 Å². The smallest absolute Gasteiger partial charge is 0.244 e. The normalized spacial score (nSPS) is 17.1. The van der Waals surface area contributed by atoms with Crippen molar-refractivity contribution in [2.75, 3.05) is 32.1 Å². The van der Waals surface area contributed by atoms with Gasteiger partial charge >= 0.3 is 0 Å². The third-order valence-corrected chi connectivity index (χ3v) is 5.80. The van der Waals surface area contributed by atoms with Crippen molar-refractivity contribution in [3.05, 3.63) is 23.3 Å². The molecule has 1 aromatic carbocycles. The Morgan fingerprint density at radius 3 is 2.24 bits per heavy atom. The van der Waals surface area contributed by atoms with Crippen molar-refractivity contribution in [1.82, 2.24) is 9.21 Å². The summed E-state index contributed by atoms with van der Waals surface area (Å²) in [5.74, 6) is 5.17. The molecule has 0 spiro atoms. The fourth-order valence-electron chi connectivity index (χ4n) is 2.51. The van der Waals surface area contributed by atoms with Gasteiger partial charge in [0, 0.05) is 25.8 Å². The molecule has 0 bridgehead atoms. The number of piperazine rings is 1. The lowest BCUT2D eigenvalue weighted by atomic mass is 10.1. The van der Waals surface area contributed by atoms with E-state index < -0.39 is 10.0 Å². The van der Waals surface area contributed by atoms with E-state index in [1.807, 2.05) is 0 Å². The van der Waals surface area contributed by atoms with Gasteiger partial charge in [-0.2, -0.15) is 4.31 Å². The van der Waals surface area contributed by atoms with Gasteiger partial charge in [-0.25, -0.2) is 8.42 Å². The highest BCUT2D eigenvalue weighted by Gasteiger charge is 2.33. The molecule has 8 heteroatoms.